The van der Waals surface area contributed by atoms with Crippen LogP contribution in [-0.4, -0.2) is 36.9 Å². The molecular weight excluding hydrogens is 374 g/mol. The number of sulfonamides is 1. The molecule has 0 saturated carbocycles. The second kappa shape index (κ2) is 6.86. The van der Waals surface area contributed by atoms with Crippen LogP contribution in [0.2, 0.25) is 0 Å². The van der Waals surface area contributed by atoms with Crippen molar-refractivity contribution in [3.8, 4) is 5.88 Å². The molecule has 0 radical (unpaired) electrons. The maximum Gasteiger partial charge on any atom is 0.218 e. The lowest BCUT2D eigenvalue weighted by atomic mass is 10.2. The Bertz CT molecular complexity index is 1080. The number of para-hydroxylation sites is 1. The minimum Gasteiger partial charge on any atom is -0.472 e. The predicted molar refractivity (Wildman–Crippen MR) is 96.7 cm³/mol. The van der Waals surface area contributed by atoms with E-state index in [1.807, 2.05) is 30.3 Å². The summed E-state index contributed by atoms with van der Waals surface area (Å²) in [5, 5.41) is 0.991. The van der Waals surface area contributed by atoms with Gasteiger partial charge in [-0.3, -0.25) is 0 Å². The number of hydrogen-bond donors (Lipinski definition) is 0. The molecular formula is C19H16F2N2O3S. The molecule has 2 aromatic carbocycles. The van der Waals surface area contributed by atoms with E-state index in [0.29, 0.717) is 11.9 Å². The van der Waals surface area contributed by atoms with Gasteiger partial charge in [0.1, 0.15) is 17.7 Å². The number of nitrogens with zero attached hydrogens (tertiary/aromatic N) is 2. The van der Waals surface area contributed by atoms with E-state index in [-0.39, 0.29) is 24.8 Å². The lowest BCUT2D eigenvalue weighted by Crippen LogP contribution is -2.56. The highest BCUT2D eigenvalue weighted by Gasteiger charge is 2.37. The normalized spacial score (nSPS) is 15.6. The summed E-state index contributed by atoms with van der Waals surface area (Å²) in [6.07, 6.45) is -0.308. The number of hydrogen-bond acceptors (Lipinski definition) is 4. The van der Waals surface area contributed by atoms with Gasteiger partial charge in [-0.05, 0) is 29.8 Å². The van der Waals surface area contributed by atoms with Crippen LogP contribution < -0.4 is 4.74 Å². The molecule has 0 bridgehead atoms. The molecule has 140 valence electrons. The summed E-state index contributed by atoms with van der Waals surface area (Å²) in [4.78, 5) is 4.40. The maximum absolute atomic E-state index is 13.2. The van der Waals surface area contributed by atoms with Gasteiger partial charge < -0.3 is 4.74 Å². The summed E-state index contributed by atoms with van der Waals surface area (Å²) in [6.45, 7) is 0.350. The van der Waals surface area contributed by atoms with Crippen LogP contribution in [0.5, 0.6) is 5.88 Å². The van der Waals surface area contributed by atoms with Crippen molar-refractivity contribution in [3.63, 3.8) is 0 Å². The van der Waals surface area contributed by atoms with Crippen molar-refractivity contribution in [1.29, 1.82) is 0 Å². The number of aromatic nitrogens is 1. The molecule has 5 nitrogen and oxygen atoms in total. The first-order chi connectivity index (χ1) is 12.9. The number of pyridine rings is 1. The highest BCUT2D eigenvalue weighted by molar-refractivity contribution is 7.88. The predicted octanol–water partition coefficient (Wildman–Crippen LogP) is 3.11. The third-order valence-corrected chi connectivity index (χ3v) is 6.12. The van der Waals surface area contributed by atoms with Crippen LogP contribution in [-0.2, 0) is 15.8 Å². The fourth-order valence-electron chi connectivity index (χ4n) is 2.98. The van der Waals surface area contributed by atoms with E-state index in [4.69, 9.17) is 4.74 Å². The molecule has 0 spiro atoms. The van der Waals surface area contributed by atoms with Gasteiger partial charge in [-0.1, -0.05) is 18.2 Å². The third-order valence-electron chi connectivity index (χ3n) is 4.34. The van der Waals surface area contributed by atoms with Gasteiger partial charge in [0.25, 0.3) is 0 Å². The van der Waals surface area contributed by atoms with Crippen molar-refractivity contribution in [2.45, 2.75) is 11.9 Å². The Kier molecular flexibility index (Phi) is 4.53. The van der Waals surface area contributed by atoms with Crippen LogP contribution in [0.25, 0.3) is 10.9 Å². The lowest BCUT2D eigenvalue weighted by Gasteiger charge is -2.37. The molecule has 27 heavy (non-hydrogen) atoms. The van der Waals surface area contributed by atoms with Gasteiger partial charge in [0.15, 0.2) is 0 Å². The molecule has 3 aromatic rings. The van der Waals surface area contributed by atoms with Crippen molar-refractivity contribution in [2.24, 2.45) is 0 Å². The summed E-state index contributed by atoms with van der Waals surface area (Å²) in [5.74, 6) is -1.62. The molecule has 1 aromatic heterocycles. The smallest absolute Gasteiger partial charge is 0.218 e. The molecule has 1 aliphatic rings. The highest BCUT2D eigenvalue weighted by atomic mass is 32.2. The lowest BCUT2D eigenvalue weighted by molar-refractivity contribution is 0.0723. The zero-order valence-corrected chi connectivity index (χ0v) is 15.0. The molecule has 0 aliphatic carbocycles. The maximum atomic E-state index is 13.2. The number of fused-ring (bicyclic) bond motifs is 1. The van der Waals surface area contributed by atoms with Gasteiger partial charge in [0.2, 0.25) is 15.9 Å². The van der Waals surface area contributed by atoms with E-state index in [2.05, 4.69) is 4.98 Å². The molecule has 0 amide bonds. The Balaban J connectivity index is 1.39. The Morgan fingerprint density at radius 1 is 1.04 bits per heavy atom. The molecule has 4 rings (SSSR count). The van der Waals surface area contributed by atoms with E-state index < -0.39 is 27.4 Å². The Hall–Kier alpha value is -2.58. The molecule has 1 fully saturated rings. The summed E-state index contributed by atoms with van der Waals surface area (Å²) in [7, 11) is -3.67. The zero-order chi connectivity index (χ0) is 19.0. The highest BCUT2D eigenvalue weighted by Crippen LogP contribution is 2.23. The average molecular weight is 390 g/mol. The van der Waals surface area contributed by atoms with Gasteiger partial charge in [0.05, 0.1) is 24.4 Å². The largest absolute Gasteiger partial charge is 0.472 e. The molecule has 1 aliphatic heterocycles. The number of halogens is 2. The summed E-state index contributed by atoms with van der Waals surface area (Å²) < 4.78 is 58.2. The molecule has 0 unspecified atom stereocenters. The van der Waals surface area contributed by atoms with Crippen molar-refractivity contribution in [3.05, 3.63) is 71.8 Å². The van der Waals surface area contributed by atoms with Crippen LogP contribution in [0.1, 0.15) is 5.56 Å². The van der Waals surface area contributed by atoms with Crippen molar-refractivity contribution < 1.29 is 21.9 Å². The summed E-state index contributed by atoms with van der Waals surface area (Å²) in [5.41, 5.74) is 0.875. The van der Waals surface area contributed by atoms with E-state index in [1.54, 1.807) is 6.07 Å². The van der Waals surface area contributed by atoms with Gasteiger partial charge in [-0.2, -0.15) is 4.31 Å². The summed E-state index contributed by atoms with van der Waals surface area (Å²) >= 11 is 0. The molecule has 8 heteroatoms. The van der Waals surface area contributed by atoms with Gasteiger partial charge in [-0.15, -0.1) is 0 Å². The van der Waals surface area contributed by atoms with Crippen molar-refractivity contribution in [2.75, 3.05) is 13.1 Å². The van der Waals surface area contributed by atoms with Crippen LogP contribution in [0.3, 0.4) is 0 Å². The minimum atomic E-state index is -3.67. The molecule has 0 atom stereocenters. The fourth-order valence-corrected chi connectivity index (χ4v) is 4.54. The van der Waals surface area contributed by atoms with Gasteiger partial charge >= 0.3 is 0 Å². The van der Waals surface area contributed by atoms with Crippen LogP contribution in [0, 0.1) is 11.6 Å². The average Bonchev–Trinajstić information content (AvgIpc) is 2.56. The number of ether oxygens (including phenoxy) is 1. The first-order valence-corrected chi connectivity index (χ1v) is 9.95. The monoisotopic (exact) mass is 390 g/mol. The number of benzene rings is 2. The minimum absolute atomic E-state index is 0.0769. The molecule has 2 heterocycles. The fraction of sp³-hybridized carbons (Fsp3) is 0.211. The second-order valence-electron chi connectivity index (χ2n) is 6.43. The van der Waals surface area contributed by atoms with E-state index in [0.717, 1.165) is 23.0 Å². The van der Waals surface area contributed by atoms with Crippen molar-refractivity contribution >= 4 is 20.9 Å². The van der Waals surface area contributed by atoms with Crippen LogP contribution in [0.4, 0.5) is 8.78 Å². The summed E-state index contributed by atoms with van der Waals surface area (Å²) in [6, 6.07) is 14.0. The van der Waals surface area contributed by atoms with E-state index >= 15 is 0 Å². The van der Waals surface area contributed by atoms with Crippen LogP contribution >= 0.6 is 0 Å². The first-order valence-electron chi connectivity index (χ1n) is 8.34. The Morgan fingerprint density at radius 2 is 1.74 bits per heavy atom. The second-order valence-corrected chi connectivity index (χ2v) is 8.40. The molecule has 0 N–H and O–H groups in total. The van der Waals surface area contributed by atoms with E-state index in [1.165, 1.54) is 4.31 Å². The molecule has 1 saturated heterocycles. The van der Waals surface area contributed by atoms with E-state index in [9.17, 15) is 17.2 Å². The topological polar surface area (TPSA) is 59.5 Å². The quantitative estimate of drug-likeness (QED) is 0.672. The SMILES string of the molecule is O=S(=O)(Cc1cc(F)cc(F)c1)N1CC(Oc2ccc3ccccc3n2)C1. The van der Waals surface area contributed by atoms with Gasteiger partial charge in [-0.25, -0.2) is 22.2 Å². The third kappa shape index (κ3) is 3.91. The van der Waals surface area contributed by atoms with Crippen LogP contribution in [0.15, 0.2) is 54.6 Å². The zero-order valence-electron chi connectivity index (χ0n) is 14.2. The Labute approximate surface area is 155 Å². The first kappa shape index (κ1) is 17.8. The van der Waals surface area contributed by atoms with Gasteiger partial charge in [0, 0.05) is 17.5 Å². The van der Waals surface area contributed by atoms with Crippen molar-refractivity contribution in [1.82, 2.24) is 9.29 Å². The standard InChI is InChI=1S/C19H16F2N2O3S/c20-15-7-13(8-16(21)9-15)12-27(24,25)23-10-17(11-23)26-19-6-5-14-3-1-2-4-18(14)22-19/h1-9,17H,10-12H2. The Morgan fingerprint density at radius 3 is 2.48 bits per heavy atom. The number of rotatable bonds is 5.